The van der Waals surface area contributed by atoms with Gasteiger partial charge in [-0.05, 0) is 6.07 Å². The SMILES string of the molecule is Nc1ccc(=O)n(CC(=O)OCCCF)c1. The first kappa shape index (κ1) is 12.2. The summed E-state index contributed by atoms with van der Waals surface area (Å²) in [6, 6.07) is 2.72. The van der Waals surface area contributed by atoms with Crippen LogP contribution in [0.15, 0.2) is 23.1 Å². The molecule has 1 aromatic heterocycles. The summed E-state index contributed by atoms with van der Waals surface area (Å²) in [7, 11) is 0. The Morgan fingerprint density at radius 3 is 2.94 bits per heavy atom. The van der Waals surface area contributed by atoms with E-state index >= 15 is 0 Å². The van der Waals surface area contributed by atoms with Crippen LogP contribution in [0.5, 0.6) is 0 Å². The first-order valence-corrected chi connectivity index (χ1v) is 4.81. The minimum absolute atomic E-state index is 0.0202. The van der Waals surface area contributed by atoms with Crippen molar-refractivity contribution in [1.29, 1.82) is 0 Å². The van der Waals surface area contributed by atoms with Crippen molar-refractivity contribution in [3.05, 3.63) is 28.7 Å². The molecule has 0 atom stereocenters. The number of alkyl halides is 1. The highest BCUT2D eigenvalue weighted by atomic mass is 19.1. The molecule has 0 amide bonds. The van der Waals surface area contributed by atoms with Crippen molar-refractivity contribution >= 4 is 11.7 Å². The molecule has 1 aromatic rings. The highest BCUT2D eigenvalue weighted by molar-refractivity contribution is 5.69. The highest BCUT2D eigenvalue weighted by Gasteiger charge is 2.05. The number of carbonyl (C=O) groups excluding carboxylic acids is 1. The Morgan fingerprint density at radius 2 is 2.25 bits per heavy atom. The van der Waals surface area contributed by atoms with Crippen LogP contribution in [0.25, 0.3) is 0 Å². The van der Waals surface area contributed by atoms with Crippen LogP contribution in [-0.2, 0) is 16.1 Å². The maximum Gasteiger partial charge on any atom is 0.326 e. The van der Waals surface area contributed by atoms with E-state index in [9.17, 15) is 14.0 Å². The molecule has 16 heavy (non-hydrogen) atoms. The molecule has 88 valence electrons. The smallest absolute Gasteiger partial charge is 0.326 e. The molecule has 0 aliphatic rings. The fraction of sp³-hybridized carbons (Fsp3) is 0.400. The summed E-state index contributed by atoms with van der Waals surface area (Å²) in [5.41, 5.74) is 5.51. The molecular formula is C10H13FN2O3. The second-order valence-electron chi connectivity index (χ2n) is 3.19. The largest absolute Gasteiger partial charge is 0.464 e. The predicted octanol–water partition coefficient (Wildman–Crippen LogP) is 0.333. The highest BCUT2D eigenvalue weighted by Crippen LogP contribution is 1.96. The molecule has 2 N–H and O–H groups in total. The van der Waals surface area contributed by atoms with E-state index in [0.717, 1.165) is 4.57 Å². The predicted molar refractivity (Wildman–Crippen MR) is 56.7 cm³/mol. The lowest BCUT2D eigenvalue weighted by Crippen LogP contribution is -2.24. The average molecular weight is 228 g/mol. The molecule has 0 aliphatic heterocycles. The molecule has 0 saturated heterocycles. The number of carbonyl (C=O) groups is 1. The van der Waals surface area contributed by atoms with Crippen molar-refractivity contribution in [3.63, 3.8) is 0 Å². The third kappa shape index (κ3) is 3.72. The Labute approximate surface area is 91.6 Å². The monoisotopic (exact) mass is 228 g/mol. The molecule has 0 unspecified atom stereocenters. The number of nitrogens with zero attached hydrogens (tertiary/aromatic N) is 1. The number of nitrogen functional groups attached to an aromatic ring is 1. The van der Waals surface area contributed by atoms with Gasteiger partial charge in [-0.25, -0.2) is 0 Å². The van der Waals surface area contributed by atoms with E-state index < -0.39 is 12.6 Å². The molecule has 1 heterocycles. The number of hydrogen-bond acceptors (Lipinski definition) is 4. The summed E-state index contributed by atoms with van der Waals surface area (Å²) >= 11 is 0. The van der Waals surface area contributed by atoms with E-state index in [1.54, 1.807) is 0 Å². The van der Waals surface area contributed by atoms with Gasteiger partial charge in [0.25, 0.3) is 5.56 Å². The first-order valence-electron chi connectivity index (χ1n) is 4.81. The molecule has 5 nitrogen and oxygen atoms in total. The summed E-state index contributed by atoms with van der Waals surface area (Å²) in [6.07, 6.45) is 1.52. The van der Waals surface area contributed by atoms with E-state index in [1.165, 1.54) is 18.3 Å². The number of pyridine rings is 1. The van der Waals surface area contributed by atoms with Gasteiger partial charge in [-0.1, -0.05) is 0 Å². The number of anilines is 1. The van der Waals surface area contributed by atoms with Crippen LogP contribution in [-0.4, -0.2) is 23.8 Å². The number of ether oxygens (including phenoxy) is 1. The molecule has 0 radical (unpaired) electrons. The summed E-state index contributed by atoms with van der Waals surface area (Å²) in [5, 5.41) is 0. The van der Waals surface area contributed by atoms with Crippen molar-refractivity contribution in [2.75, 3.05) is 19.0 Å². The lowest BCUT2D eigenvalue weighted by molar-refractivity contribution is -0.144. The molecule has 0 fully saturated rings. The second kappa shape index (κ2) is 5.89. The van der Waals surface area contributed by atoms with E-state index in [2.05, 4.69) is 0 Å². The number of hydrogen-bond donors (Lipinski definition) is 1. The van der Waals surface area contributed by atoms with Gasteiger partial charge in [0, 0.05) is 24.4 Å². The molecule has 0 aromatic carbocycles. The molecule has 0 aliphatic carbocycles. The molecule has 0 saturated carbocycles. The maximum atomic E-state index is 11.7. The van der Waals surface area contributed by atoms with Crippen molar-refractivity contribution in [2.24, 2.45) is 0 Å². The van der Waals surface area contributed by atoms with Crippen LogP contribution in [0, 0.1) is 0 Å². The van der Waals surface area contributed by atoms with E-state index in [0.29, 0.717) is 5.69 Å². The molecule has 0 bridgehead atoms. The Morgan fingerprint density at radius 1 is 1.50 bits per heavy atom. The summed E-state index contributed by atoms with van der Waals surface area (Å²) in [6.45, 7) is -0.728. The number of halogens is 1. The minimum atomic E-state index is -0.582. The van der Waals surface area contributed by atoms with Gasteiger partial charge in [-0.15, -0.1) is 0 Å². The fourth-order valence-corrected chi connectivity index (χ4v) is 1.10. The number of rotatable bonds is 5. The normalized spacial score (nSPS) is 10.1. The quantitative estimate of drug-likeness (QED) is 0.582. The summed E-state index contributed by atoms with van der Waals surface area (Å²) < 4.78 is 17.6. The maximum absolute atomic E-state index is 11.7. The molecular weight excluding hydrogens is 215 g/mol. The Bertz CT molecular complexity index is 417. The topological polar surface area (TPSA) is 74.3 Å². The van der Waals surface area contributed by atoms with Gasteiger partial charge < -0.3 is 15.0 Å². The third-order valence-electron chi connectivity index (χ3n) is 1.85. The van der Waals surface area contributed by atoms with Gasteiger partial charge in [-0.2, -0.15) is 0 Å². The van der Waals surface area contributed by atoms with Crippen LogP contribution in [0.2, 0.25) is 0 Å². The third-order valence-corrected chi connectivity index (χ3v) is 1.85. The molecule has 0 spiro atoms. The van der Waals surface area contributed by atoms with Crippen LogP contribution in [0.4, 0.5) is 10.1 Å². The van der Waals surface area contributed by atoms with Crippen molar-refractivity contribution in [1.82, 2.24) is 4.57 Å². The Balaban J connectivity index is 2.56. The van der Waals surface area contributed by atoms with Gasteiger partial charge in [0.1, 0.15) is 6.54 Å². The zero-order chi connectivity index (χ0) is 12.0. The first-order chi connectivity index (χ1) is 7.63. The lowest BCUT2D eigenvalue weighted by Gasteiger charge is -2.06. The van der Waals surface area contributed by atoms with Crippen LogP contribution >= 0.6 is 0 Å². The second-order valence-corrected chi connectivity index (χ2v) is 3.19. The molecule has 6 heteroatoms. The van der Waals surface area contributed by atoms with E-state index in [4.69, 9.17) is 10.5 Å². The Hall–Kier alpha value is -1.85. The van der Waals surface area contributed by atoms with Crippen LogP contribution in [0.1, 0.15) is 6.42 Å². The van der Waals surface area contributed by atoms with E-state index in [-0.39, 0.29) is 25.1 Å². The van der Waals surface area contributed by atoms with Crippen molar-refractivity contribution < 1.29 is 13.9 Å². The number of esters is 1. The standard InChI is InChI=1S/C10H13FN2O3/c11-4-1-5-16-10(15)7-13-6-8(12)2-3-9(13)14/h2-3,6H,1,4-5,7,12H2. The number of aromatic nitrogens is 1. The number of nitrogens with two attached hydrogens (primary N) is 1. The zero-order valence-corrected chi connectivity index (χ0v) is 8.69. The van der Waals surface area contributed by atoms with Gasteiger partial charge in [0.05, 0.1) is 13.3 Å². The van der Waals surface area contributed by atoms with Gasteiger partial charge >= 0.3 is 5.97 Å². The lowest BCUT2D eigenvalue weighted by atomic mass is 10.4. The minimum Gasteiger partial charge on any atom is -0.464 e. The van der Waals surface area contributed by atoms with Gasteiger partial charge in [0.15, 0.2) is 0 Å². The van der Waals surface area contributed by atoms with Crippen LogP contribution < -0.4 is 11.3 Å². The van der Waals surface area contributed by atoms with Gasteiger partial charge in [-0.3, -0.25) is 14.0 Å². The van der Waals surface area contributed by atoms with E-state index in [1.807, 2.05) is 0 Å². The zero-order valence-electron chi connectivity index (χ0n) is 8.69. The van der Waals surface area contributed by atoms with Crippen molar-refractivity contribution in [2.45, 2.75) is 13.0 Å². The summed E-state index contributed by atoms with van der Waals surface area (Å²) in [5.74, 6) is -0.582. The van der Waals surface area contributed by atoms with Crippen molar-refractivity contribution in [3.8, 4) is 0 Å². The van der Waals surface area contributed by atoms with Crippen LogP contribution in [0.3, 0.4) is 0 Å². The van der Waals surface area contributed by atoms with Gasteiger partial charge in [0.2, 0.25) is 0 Å². The fourth-order valence-electron chi connectivity index (χ4n) is 1.10. The summed E-state index contributed by atoms with van der Waals surface area (Å²) in [4.78, 5) is 22.5. The molecule has 1 rings (SSSR count). The average Bonchev–Trinajstić information content (AvgIpc) is 2.24. The Kier molecular flexibility index (Phi) is 4.50.